The van der Waals surface area contributed by atoms with Gasteiger partial charge in [-0.2, -0.15) is 0 Å². The van der Waals surface area contributed by atoms with Crippen molar-refractivity contribution in [3.05, 3.63) is 35.5 Å². The van der Waals surface area contributed by atoms with Crippen LogP contribution in [0, 0.1) is 23.2 Å². The molecule has 0 unspecified atom stereocenters. The van der Waals surface area contributed by atoms with Crippen molar-refractivity contribution < 1.29 is 14.6 Å². The Balaban J connectivity index is 1.67. The third kappa shape index (κ3) is 6.84. The van der Waals surface area contributed by atoms with Crippen LogP contribution < -0.4 is 0 Å². The van der Waals surface area contributed by atoms with E-state index in [0.717, 1.165) is 38.0 Å². The van der Waals surface area contributed by atoms with Gasteiger partial charge >= 0.3 is 5.97 Å². The summed E-state index contributed by atoms with van der Waals surface area (Å²) in [4.78, 5) is 11.7. The SMILES string of the molecule is C=C1CC[C@H](OC(=O)CBr)C/C1=C/C=C1\CCC[C@]2(C)[C@@H]([C@H](C)CCCC(C)(C)O)CC[C@@H]12. The zero-order chi connectivity index (χ0) is 24.2. The molecule has 3 nitrogen and oxygen atoms in total. The van der Waals surface area contributed by atoms with Gasteiger partial charge in [-0.05, 0) is 94.0 Å². The molecule has 33 heavy (non-hydrogen) atoms. The zero-order valence-electron chi connectivity index (χ0n) is 21.3. The third-order valence-electron chi connectivity index (χ3n) is 8.75. The molecular weight excluding hydrogens is 476 g/mol. The van der Waals surface area contributed by atoms with E-state index in [1.54, 1.807) is 5.57 Å². The number of hydrogen-bond acceptors (Lipinski definition) is 3. The van der Waals surface area contributed by atoms with Crippen molar-refractivity contribution in [1.82, 2.24) is 0 Å². The van der Waals surface area contributed by atoms with Gasteiger partial charge in [0.25, 0.3) is 0 Å². The minimum absolute atomic E-state index is 0.0255. The predicted octanol–water partition coefficient (Wildman–Crippen LogP) is 7.68. The summed E-state index contributed by atoms with van der Waals surface area (Å²) in [6, 6.07) is 0. The summed E-state index contributed by atoms with van der Waals surface area (Å²) in [5, 5.41) is 10.3. The van der Waals surface area contributed by atoms with E-state index in [9.17, 15) is 9.90 Å². The molecule has 3 rings (SSSR count). The molecule has 3 saturated carbocycles. The molecule has 0 amide bonds. The highest BCUT2D eigenvalue weighted by Gasteiger charge is 2.50. The Hall–Kier alpha value is -0.870. The van der Waals surface area contributed by atoms with E-state index in [1.165, 1.54) is 49.7 Å². The Morgan fingerprint density at radius 1 is 1.30 bits per heavy atom. The molecule has 3 fully saturated rings. The zero-order valence-corrected chi connectivity index (χ0v) is 22.9. The summed E-state index contributed by atoms with van der Waals surface area (Å²) in [5.74, 6) is 1.99. The number of aliphatic hydroxyl groups is 1. The van der Waals surface area contributed by atoms with Crippen LogP contribution in [0.4, 0.5) is 0 Å². The predicted molar refractivity (Wildman–Crippen MR) is 140 cm³/mol. The van der Waals surface area contributed by atoms with Gasteiger partial charge in [-0.3, -0.25) is 4.79 Å². The molecule has 0 saturated heterocycles. The van der Waals surface area contributed by atoms with Crippen LogP contribution in [0.2, 0.25) is 0 Å². The largest absolute Gasteiger partial charge is 0.461 e. The molecule has 186 valence electrons. The second-order valence-electron chi connectivity index (χ2n) is 11.8. The fraction of sp³-hybridized carbons (Fsp3) is 0.759. The summed E-state index contributed by atoms with van der Waals surface area (Å²) in [6.07, 6.45) is 16.9. The van der Waals surface area contributed by atoms with E-state index in [4.69, 9.17) is 4.74 Å². The van der Waals surface area contributed by atoms with E-state index in [0.29, 0.717) is 17.3 Å². The molecule has 3 aliphatic carbocycles. The van der Waals surface area contributed by atoms with Crippen LogP contribution >= 0.6 is 15.9 Å². The van der Waals surface area contributed by atoms with E-state index in [-0.39, 0.29) is 17.4 Å². The van der Waals surface area contributed by atoms with Crippen molar-refractivity contribution in [2.45, 2.75) is 110 Å². The summed E-state index contributed by atoms with van der Waals surface area (Å²) in [5.41, 5.74) is 3.91. The molecule has 0 aliphatic heterocycles. The summed E-state index contributed by atoms with van der Waals surface area (Å²) >= 11 is 3.19. The average molecular weight is 522 g/mol. The maximum Gasteiger partial charge on any atom is 0.316 e. The fourth-order valence-electron chi connectivity index (χ4n) is 6.97. The van der Waals surface area contributed by atoms with Crippen LogP contribution in [0.15, 0.2) is 35.5 Å². The van der Waals surface area contributed by atoms with Gasteiger partial charge in [-0.1, -0.05) is 72.5 Å². The van der Waals surface area contributed by atoms with Crippen LogP contribution in [0.1, 0.15) is 98.3 Å². The van der Waals surface area contributed by atoms with Gasteiger partial charge in [0.05, 0.1) is 5.60 Å². The minimum Gasteiger partial charge on any atom is -0.461 e. The number of carbonyl (C=O) groups excluding carboxylic acids is 1. The lowest BCUT2D eigenvalue weighted by atomic mass is 9.60. The normalized spacial score (nSPS) is 33.9. The lowest BCUT2D eigenvalue weighted by Gasteiger charge is -2.44. The Morgan fingerprint density at radius 2 is 2.06 bits per heavy atom. The quantitative estimate of drug-likeness (QED) is 0.263. The second kappa shape index (κ2) is 11.2. The van der Waals surface area contributed by atoms with Gasteiger partial charge in [-0.15, -0.1) is 0 Å². The number of rotatable bonds is 8. The van der Waals surface area contributed by atoms with E-state index >= 15 is 0 Å². The molecule has 3 aliphatic rings. The Bertz CT molecular complexity index is 774. The van der Waals surface area contributed by atoms with Gasteiger partial charge in [0.2, 0.25) is 0 Å². The van der Waals surface area contributed by atoms with Gasteiger partial charge in [0, 0.05) is 6.42 Å². The average Bonchev–Trinajstić information content (AvgIpc) is 3.10. The Morgan fingerprint density at radius 3 is 2.76 bits per heavy atom. The monoisotopic (exact) mass is 520 g/mol. The van der Waals surface area contributed by atoms with E-state index < -0.39 is 5.60 Å². The Kier molecular flexibility index (Phi) is 9.11. The van der Waals surface area contributed by atoms with Crippen molar-refractivity contribution in [2.75, 3.05) is 5.33 Å². The highest BCUT2D eigenvalue weighted by Crippen LogP contribution is 2.60. The highest BCUT2D eigenvalue weighted by molar-refractivity contribution is 9.09. The second-order valence-corrected chi connectivity index (χ2v) is 12.4. The maximum absolute atomic E-state index is 11.7. The fourth-order valence-corrected chi connectivity index (χ4v) is 7.10. The number of carbonyl (C=O) groups is 1. The number of allylic oxidation sites excluding steroid dienone is 4. The van der Waals surface area contributed by atoms with E-state index in [1.807, 2.05) is 13.8 Å². The topological polar surface area (TPSA) is 46.5 Å². The van der Waals surface area contributed by atoms with Crippen molar-refractivity contribution >= 4 is 21.9 Å². The molecule has 0 bridgehead atoms. The molecule has 0 aromatic heterocycles. The maximum atomic E-state index is 11.7. The molecule has 0 aromatic rings. The molecular formula is C29H45BrO3. The van der Waals surface area contributed by atoms with Crippen LogP contribution in [-0.2, 0) is 9.53 Å². The molecule has 0 radical (unpaired) electrons. The number of alkyl halides is 1. The van der Waals surface area contributed by atoms with Crippen LogP contribution in [0.3, 0.4) is 0 Å². The number of hydrogen-bond donors (Lipinski definition) is 1. The van der Waals surface area contributed by atoms with Crippen molar-refractivity contribution in [2.24, 2.45) is 23.2 Å². The number of halogens is 1. The van der Waals surface area contributed by atoms with Crippen LogP contribution in [-0.4, -0.2) is 28.1 Å². The summed E-state index contributed by atoms with van der Waals surface area (Å²) < 4.78 is 5.59. The van der Waals surface area contributed by atoms with Crippen LogP contribution in [0.5, 0.6) is 0 Å². The van der Waals surface area contributed by atoms with Crippen molar-refractivity contribution in [1.29, 1.82) is 0 Å². The van der Waals surface area contributed by atoms with Gasteiger partial charge in [0.1, 0.15) is 11.4 Å². The molecule has 4 heteroatoms. The van der Waals surface area contributed by atoms with Gasteiger partial charge < -0.3 is 9.84 Å². The molecule has 0 aromatic carbocycles. The van der Waals surface area contributed by atoms with Gasteiger partial charge in [0.15, 0.2) is 0 Å². The number of ether oxygens (including phenoxy) is 1. The lowest BCUT2D eigenvalue weighted by molar-refractivity contribution is -0.146. The van der Waals surface area contributed by atoms with Crippen molar-refractivity contribution in [3.8, 4) is 0 Å². The third-order valence-corrected chi connectivity index (χ3v) is 9.21. The first-order valence-corrected chi connectivity index (χ1v) is 14.2. The summed E-state index contributed by atoms with van der Waals surface area (Å²) in [7, 11) is 0. The standard InChI is InChI=1S/C29H45BrO3/c1-20-10-13-24(33-27(31)19-30)18-23(20)12-11-22-9-7-17-29(5)25(14-15-26(22)29)21(2)8-6-16-28(3,4)32/h11-12,21,24-26,32H,1,6-10,13-19H2,2-5H3/b22-11+,23-12-/t21-,24+,25-,26+,29-/m1/s1. The lowest BCUT2D eigenvalue weighted by Crippen LogP contribution is -2.36. The smallest absolute Gasteiger partial charge is 0.316 e. The van der Waals surface area contributed by atoms with Gasteiger partial charge in [-0.25, -0.2) is 0 Å². The first-order valence-electron chi connectivity index (χ1n) is 13.1. The minimum atomic E-state index is -0.551. The number of esters is 1. The molecule has 1 N–H and O–H groups in total. The Labute approximate surface area is 210 Å². The van der Waals surface area contributed by atoms with Crippen LogP contribution in [0.25, 0.3) is 0 Å². The molecule has 0 spiro atoms. The first-order chi connectivity index (χ1) is 15.5. The molecule has 5 atom stereocenters. The van der Waals surface area contributed by atoms with E-state index in [2.05, 4.69) is 48.5 Å². The first kappa shape index (κ1) is 26.7. The summed E-state index contributed by atoms with van der Waals surface area (Å²) in [6.45, 7) is 13.1. The highest BCUT2D eigenvalue weighted by atomic mass is 79.9. The molecule has 0 heterocycles. The van der Waals surface area contributed by atoms with Crippen molar-refractivity contribution in [3.63, 3.8) is 0 Å². The number of fused-ring (bicyclic) bond motifs is 1.